The van der Waals surface area contributed by atoms with Gasteiger partial charge in [-0.25, -0.2) is 0 Å². The second kappa shape index (κ2) is 6.55. The van der Waals surface area contributed by atoms with Gasteiger partial charge in [0.2, 0.25) is 5.91 Å². The fraction of sp³-hybridized carbons (Fsp3) is 0.267. The van der Waals surface area contributed by atoms with E-state index >= 15 is 0 Å². The average molecular weight is 306 g/mol. The molecule has 0 heterocycles. The van der Waals surface area contributed by atoms with Crippen LogP contribution in [0.25, 0.3) is 10.8 Å². The second-order valence-corrected chi connectivity index (χ2v) is 5.01. The summed E-state index contributed by atoms with van der Waals surface area (Å²) in [6, 6.07) is 14.0. The lowest BCUT2D eigenvalue weighted by Crippen LogP contribution is -2.11. The Labute approximate surface area is 116 Å². The van der Waals surface area contributed by atoms with Gasteiger partial charge in [-0.3, -0.25) is 4.79 Å². The van der Waals surface area contributed by atoms with E-state index in [1.807, 2.05) is 30.3 Å². The highest BCUT2D eigenvalue weighted by Gasteiger charge is 2.04. The van der Waals surface area contributed by atoms with Crippen LogP contribution in [0.4, 0.5) is 5.69 Å². The van der Waals surface area contributed by atoms with Gasteiger partial charge in [0.1, 0.15) is 0 Å². The van der Waals surface area contributed by atoms with E-state index in [9.17, 15) is 4.79 Å². The highest BCUT2D eigenvalue weighted by atomic mass is 79.9. The van der Waals surface area contributed by atoms with E-state index in [0.29, 0.717) is 6.42 Å². The number of alkyl halides is 1. The van der Waals surface area contributed by atoms with Crippen molar-refractivity contribution >= 4 is 38.3 Å². The molecule has 0 saturated carbocycles. The van der Waals surface area contributed by atoms with Gasteiger partial charge in [-0.05, 0) is 24.3 Å². The molecule has 0 atom stereocenters. The van der Waals surface area contributed by atoms with Crippen molar-refractivity contribution in [2.24, 2.45) is 0 Å². The zero-order valence-corrected chi connectivity index (χ0v) is 11.7. The normalized spacial score (nSPS) is 10.5. The number of fused-ring (bicyclic) bond motifs is 1. The number of hydrogen-bond donors (Lipinski definition) is 1. The Balaban J connectivity index is 2.09. The van der Waals surface area contributed by atoms with Crippen LogP contribution in [0.5, 0.6) is 0 Å². The summed E-state index contributed by atoms with van der Waals surface area (Å²) >= 11 is 3.37. The molecule has 3 heteroatoms. The number of carbonyl (C=O) groups excluding carboxylic acids is 1. The lowest BCUT2D eigenvalue weighted by atomic mass is 10.1. The topological polar surface area (TPSA) is 29.1 Å². The minimum Gasteiger partial charge on any atom is -0.326 e. The van der Waals surface area contributed by atoms with Gasteiger partial charge in [-0.15, -0.1) is 0 Å². The second-order valence-electron chi connectivity index (χ2n) is 4.22. The van der Waals surface area contributed by atoms with Crippen molar-refractivity contribution in [3.8, 4) is 0 Å². The molecule has 94 valence electrons. The van der Waals surface area contributed by atoms with Crippen molar-refractivity contribution in [1.82, 2.24) is 0 Å². The number of amides is 1. The summed E-state index contributed by atoms with van der Waals surface area (Å²) in [5, 5.41) is 6.18. The third kappa shape index (κ3) is 3.33. The molecule has 0 radical (unpaired) electrons. The van der Waals surface area contributed by atoms with E-state index in [1.165, 1.54) is 0 Å². The van der Waals surface area contributed by atoms with E-state index in [0.717, 1.165) is 34.6 Å². The van der Waals surface area contributed by atoms with Gasteiger partial charge in [-0.1, -0.05) is 52.3 Å². The summed E-state index contributed by atoms with van der Waals surface area (Å²) in [7, 11) is 0. The number of nitrogens with one attached hydrogen (secondary N) is 1. The highest BCUT2D eigenvalue weighted by molar-refractivity contribution is 9.09. The van der Waals surface area contributed by atoms with Crippen LogP contribution in [-0.2, 0) is 4.79 Å². The van der Waals surface area contributed by atoms with Crippen LogP contribution in [0.2, 0.25) is 0 Å². The molecule has 0 saturated heterocycles. The number of rotatable bonds is 5. The minimum atomic E-state index is 0.0901. The number of halogens is 1. The van der Waals surface area contributed by atoms with Crippen molar-refractivity contribution in [2.75, 3.05) is 10.6 Å². The molecular weight excluding hydrogens is 290 g/mol. The summed E-state index contributed by atoms with van der Waals surface area (Å²) in [5.41, 5.74) is 0.900. The fourth-order valence-electron chi connectivity index (χ4n) is 1.93. The molecule has 0 aliphatic carbocycles. The quantitative estimate of drug-likeness (QED) is 0.646. The molecule has 0 aromatic heterocycles. The molecule has 0 aliphatic heterocycles. The predicted octanol–water partition coefficient (Wildman–Crippen LogP) is 4.34. The number of carbonyl (C=O) groups is 1. The van der Waals surface area contributed by atoms with Gasteiger partial charge in [-0.2, -0.15) is 0 Å². The molecule has 2 rings (SSSR count). The van der Waals surface area contributed by atoms with E-state index in [1.54, 1.807) is 0 Å². The van der Waals surface area contributed by atoms with E-state index in [4.69, 9.17) is 0 Å². The molecule has 0 bridgehead atoms. The molecule has 18 heavy (non-hydrogen) atoms. The molecule has 0 aliphatic rings. The standard InChI is InChI=1S/C15H16BrNO/c16-11-4-3-10-15(18)17-14-9-5-7-12-6-1-2-8-13(12)14/h1-2,5-9H,3-4,10-11H2,(H,17,18). The van der Waals surface area contributed by atoms with Crippen LogP contribution in [-0.4, -0.2) is 11.2 Å². The Morgan fingerprint density at radius 3 is 2.67 bits per heavy atom. The summed E-state index contributed by atoms with van der Waals surface area (Å²) < 4.78 is 0. The number of hydrogen-bond acceptors (Lipinski definition) is 1. The molecule has 1 amide bonds. The first-order chi connectivity index (χ1) is 8.81. The van der Waals surface area contributed by atoms with E-state index < -0.39 is 0 Å². The van der Waals surface area contributed by atoms with Gasteiger partial charge >= 0.3 is 0 Å². The molecule has 0 unspecified atom stereocenters. The zero-order chi connectivity index (χ0) is 12.8. The van der Waals surface area contributed by atoms with Crippen LogP contribution in [0.1, 0.15) is 19.3 Å². The Hall–Kier alpha value is -1.35. The number of unbranched alkanes of at least 4 members (excludes halogenated alkanes) is 1. The van der Waals surface area contributed by atoms with Crippen molar-refractivity contribution < 1.29 is 4.79 Å². The van der Waals surface area contributed by atoms with Gasteiger partial charge in [0, 0.05) is 22.8 Å². The molecule has 0 fully saturated rings. The number of benzene rings is 2. The largest absolute Gasteiger partial charge is 0.326 e. The third-order valence-electron chi connectivity index (χ3n) is 2.85. The summed E-state index contributed by atoms with van der Waals surface area (Å²) in [4.78, 5) is 11.8. The van der Waals surface area contributed by atoms with Crippen LogP contribution < -0.4 is 5.32 Å². The van der Waals surface area contributed by atoms with Gasteiger partial charge in [0.05, 0.1) is 0 Å². The zero-order valence-electron chi connectivity index (χ0n) is 10.2. The molecular formula is C15H16BrNO. The van der Waals surface area contributed by atoms with Crippen molar-refractivity contribution in [1.29, 1.82) is 0 Å². The first-order valence-electron chi connectivity index (χ1n) is 6.15. The third-order valence-corrected chi connectivity index (χ3v) is 3.41. The lowest BCUT2D eigenvalue weighted by Gasteiger charge is -2.08. The summed E-state index contributed by atoms with van der Waals surface area (Å²) in [6.07, 6.45) is 2.53. The van der Waals surface area contributed by atoms with E-state index in [2.05, 4.69) is 33.4 Å². The smallest absolute Gasteiger partial charge is 0.224 e. The van der Waals surface area contributed by atoms with Gasteiger partial charge < -0.3 is 5.32 Å². The highest BCUT2D eigenvalue weighted by Crippen LogP contribution is 2.23. The Morgan fingerprint density at radius 1 is 1.06 bits per heavy atom. The number of anilines is 1. The van der Waals surface area contributed by atoms with Gasteiger partial charge in [0.15, 0.2) is 0 Å². The monoisotopic (exact) mass is 305 g/mol. The first kappa shape index (κ1) is 13.1. The van der Waals surface area contributed by atoms with Crippen LogP contribution in [0.3, 0.4) is 0 Å². The maximum absolute atomic E-state index is 11.8. The fourth-order valence-corrected chi connectivity index (χ4v) is 2.32. The van der Waals surface area contributed by atoms with Crippen molar-refractivity contribution in [2.45, 2.75) is 19.3 Å². The Morgan fingerprint density at radius 2 is 1.83 bits per heavy atom. The van der Waals surface area contributed by atoms with Crippen LogP contribution >= 0.6 is 15.9 Å². The van der Waals surface area contributed by atoms with Crippen LogP contribution in [0.15, 0.2) is 42.5 Å². The molecule has 0 spiro atoms. The maximum Gasteiger partial charge on any atom is 0.224 e. The lowest BCUT2D eigenvalue weighted by molar-refractivity contribution is -0.116. The predicted molar refractivity (Wildman–Crippen MR) is 80.2 cm³/mol. The first-order valence-corrected chi connectivity index (χ1v) is 7.27. The SMILES string of the molecule is O=C(CCCCBr)Nc1cccc2ccccc12. The van der Waals surface area contributed by atoms with E-state index in [-0.39, 0.29) is 5.91 Å². The van der Waals surface area contributed by atoms with Crippen molar-refractivity contribution in [3.05, 3.63) is 42.5 Å². The molecule has 2 nitrogen and oxygen atoms in total. The molecule has 2 aromatic rings. The molecule has 2 aromatic carbocycles. The maximum atomic E-state index is 11.8. The summed E-state index contributed by atoms with van der Waals surface area (Å²) in [6.45, 7) is 0. The summed E-state index contributed by atoms with van der Waals surface area (Å²) in [5.74, 6) is 0.0901. The Bertz CT molecular complexity index is 534. The van der Waals surface area contributed by atoms with Gasteiger partial charge in [0.25, 0.3) is 0 Å². The average Bonchev–Trinajstić information content (AvgIpc) is 2.39. The van der Waals surface area contributed by atoms with Crippen molar-refractivity contribution in [3.63, 3.8) is 0 Å². The molecule has 1 N–H and O–H groups in total. The Kier molecular flexibility index (Phi) is 4.76. The van der Waals surface area contributed by atoms with Crippen LogP contribution in [0, 0.1) is 0 Å². The minimum absolute atomic E-state index is 0.0901.